The first-order chi connectivity index (χ1) is 7.95. The Balaban J connectivity index is 2.87. The van der Waals surface area contributed by atoms with Gasteiger partial charge in [0, 0.05) is 5.38 Å². The zero-order chi connectivity index (χ0) is 13.0. The molecule has 0 spiro atoms. The van der Waals surface area contributed by atoms with E-state index < -0.39 is 17.9 Å². The van der Waals surface area contributed by atoms with Crippen LogP contribution in [-0.2, 0) is 14.3 Å². The number of nitrogens with zero attached hydrogens (tertiary/aromatic N) is 1. The van der Waals surface area contributed by atoms with Gasteiger partial charge in [-0.25, -0.2) is 4.98 Å². The van der Waals surface area contributed by atoms with Crippen LogP contribution in [0.4, 0.5) is 0 Å². The van der Waals surface area contributed by atoms with Crippen molar-refractivity contribution in [1.82, 2.24) is 4.98 Å². The lowest BCUT2D eigenvalue weighted by Gasteiger charge is -2.14. The minimum Gasteiger partial charge on any atom is -0.480 e. The first-order valence-corrected chi connectivity index (χ1v) is 6.25. The fraction of sp³-hybridized carbons (Fsp3) is 0.500. The van der Waals surface area contributed by atoms with Crippen molar-refractivity contribution in [2.75, 3.05) is 0 Å². The van der Waals surface area contributed by atoms with E-state index >= 15 is 0 Å². The summed E-state index contributed by atoms with van der Waals surface area (Å²) in [7, 11) is 0. The highest BCUT2D eigenvalue weighted by Gasteiger charge is 2.33. The SMILES string of the molecule is CCC(C)OC(=O)C(C(=O)O)c1nc(Cl)cs1. The highest BCUT2D eigenvalue weighted by molar-refractivity contribution is 7.10. The highest BCUT2D eigenvalue weighted by atomic mass is 35.5. The van der Waals surface area contributed by atoms with Crippen LogP contribution in [0.15, 0.2) is 5.38 Å². The summed E-state index contributed by atoms with van der Waals surface area (Å²) in [5, 5.41) is 10.8. The zero-order valence-electron chi connectivity index (χ0n) is 9.34. The fourth-order valence-corrected chi connectivity index (χ4v) is 2.09. The maximum Gasteiger partial charge on any atom is 0.327 e. The number of aromatic nitrogens is 1. The lowest BCUT2D eigenvalue weighted by molar-refractivity contribution is -0.157. The summed E-state index contributed by atoms with van der Waals surface area (Å²) in [5.74, 6) is -3.50. The maximum absolute atomic E-state index is 11.7. The molecule has 7 heteroatoms. The number of rotatable bonds is 5. The second kappa shape index (κ2) is 5.97. The van der Waals surface area contributed by atoms with E-state index in [2.05, 4.69) is 4.98 Å². The average molecular weight is 278 g/mol. The number of hydrogen-bond acceptors (Lipinski definition) is 5. The van der Waals surface area contributed by atoms with Gasteiger partial charge in [0.1, 0.15) is 10.2 Å². The van der Waals surface area contributed by atoms with Crippen LogP contribution in [0.2, 0.25) is 5.15 Å². The minimum atomic E-state index is -1.40. The maximum atomic E-state index is 11.7. The Labute approximate surface area is 107 Å². The van der Waals surface area contributed by atoms with Gasteiger partial charge in [0.2, 0.25) is 5.92 Å². The van der Waals surface area contributed by atoms with Crippen LogP contribution in [0.5, 0.6) is 0 Å². The standard InChI is InChI=1S/C10H12ClNO4S/c1-3-5(2)16-10(15)7(9(13)14)8-12-6(11)4-17-8/h4-5,7H,3H2,1-2H3,(H,13,14). The fourth-order valence-electron chi connectivity index (χ4n) is 1.06. The first-order valence-electron chi connectivity index (χ1n) is 5.00. The average Bonchev–Trinajstić information content (AvgIpc) is 2.64. The van der Waals surface area contributed by atoms with E-state index in [9.17, 15) is 9.59 Å². The van der Waals surface area contributed by atoms with E-state index in [0.717, 1.165) is 11.3 Å². The van der Waals surface area contributed by atoms with Gasteiger partial charge in [0.25, 0.3) is 0 Å². The van der Waals surface area contributed by atoms with Crippen molar-refractivity contribution < 1.29 is 19.4 Å². The van der Waals surface area contributed by atoms with Crippen molar-refractivity contribution in [2.45, 2.75) is 32.3 Å². The van der Waals surface area contributed by atoms with E-state index in [0.29, 0.717) is 6.42 Å². The van der Waals surface area contributed by atoms with Gasteiger partial charge < -0.3 is 9.84 Å². The van der Waals surface area contributed by atoms with E-state index in [1.807, 2.05) is 6.92 Å². The molecule has 0 bridgehead atoms. The monoisotopic (exact) mass is 277 g/mol. The molecule has 2 atom stereocenters. The summed E-state index contributed by atoms with van der Waals surface area (Å²) >= 11 is 6.63. The Morgan fingerprint density at radius 2 is 2.29 bits per heavy atom. The molecule has 5 nitrogen and oxygen atoms in total. The van der Waals surface area contributed by atoms with Crippen LogP contribution >= 0.6 is 22.9 Å². The molecule has 17 heavy (non-hydrogen) atoms. The van der Waals surface area contributed by atoms with Gasteiger partial charge in [-0.15, -0.1) is 11.3 Å². The summed E-state index contributed by atoms with van der Waals surface area (Å²) in [4.78, 5) is 26.5. The van der Waals surface area contributed by atoms with E-state index in [1.165, 1.54) is 5.38 Å². The van der Waals surface area contributed by atoms with E-state index in [4.69, 9.17) is 21.4 Å². The number of carboxylic acids is 1. The summed E-state index contributed by atoms with van der Waals surface area (Å²) < 4.78 is 4.99. The van der Waals surface area contributed by atoms with Gasteiger partial charge >= 0.3 is 11.9 Å². The number of esters is 1. The molecule has 0 radical (unpaired) electrons. The van der Waals surface area contributed by atoms with Crippen LogP contribution in [0.1, 0.15) is 31.2 Å². The number of halogens is 1. The predicted molar refractivity (Wildman–Crippen MR) is 63.3 cm³/mol. The van der Waals surface area contributed by atoms with Crippen molar-refractivity contribution in [3.63, 3.8) is 0 Å². The molecule has 94 valence electrons. The summed E-state index contributed by atoms with van der Waals surface area (Å²) in [6.45, 7) is 3.54. The number of carboxylic acid groups (broad SMARTS) is 1. The van der Waals surface area contributed by atoms with Gasteiger partial charge in [0.15, 0.2) is 0 Å². The number of thiazole rings is 1. The van der Waals surface area contributed by atoms with Crippen molar-refractivity contribution in [1.29, 1.82) is 0 Å². The molecule has 0 saturated carbocycles. The Morgan fingerprint density at radius 1 is 1.65 bits per heavy atom. The van der Waals surface area contributed by atoms with Crippen LogP contribution in [0.25, 0.3) is 0 Å². The molecule has 1 aromatic rings. The highest BCUT2D eigenvalue weighted by Crippen LogP contribution is 2.24. The molecule has 0 aromatic carbocycles. The number of carbonyl (C=O) groups is 2. The van der Waals surface area contributed by atoms with Gasteiger partial charge in [0.05, 0.1) is 6.10 Å². The third-order valence-corrected chi connectivity index (χ3v) is 3.35. The number of aliphatic carboxylic acids is 1. The van der Waals surface area contributed by atoms with Crippen LogP contribution in [0.3, 0.4) is 0 Å². The number of hydrogen-bond donors (Lipinski definition) is 1. The van der Waals surface area contributed by atoms with Crippen molar-refractivity contribution in [3.8, 4) is 0 Å². The van der Waals surface area contributed by atoms with Crippen LogP contribution in [0, 0.1) is 0 Å². The van der Waals surface area contributed by atoms with Crippen molar-refractivity contribution in [2.24, 2.45) is 0 Å². The quantitative estimate of drug-likeness (QED) is 0.660. The zero-order valence-corrected chi connectivity index (χ0v) is 10.9. The smallest absolute Gasteiger partial charge is 0.327 e. The summed E-state index contributed by atoms with van der Waals surface area (Å²) in [5.41, 5.74) is 0. The molecule has 0 aliphatic rings. The van der Waals surface area contributed by atoms with Crippen molar-refractivity contribution >= 4 is 34.9 Å². The van der Waals surface area contributed by atoms with Crippen LogP contribution in [-0.4, -0.2) is 28.1 Å². The molecule has 0 aliphatic carbocycles. The Bertz CT molecular complexity index is 420. The largest absolute Gasteiger partial charge is 0.480 e. The van der Waals surface area contributed by atoms with E-state index in [1.54, 1.807) is 6.92 Å². The third-order valence-electron chi connectivity index (χ3n) is 2.12. The third kappa shape index (κ3) is 3.67. The second-order valence-electron chi connectivity index (χ2n) is 3.44. The lowest BCUT2D eigenvalue weighted by atomic mass is 10.1. The molecule has 0 saturated heterocycles. The number of ether oxygens (including phenoxy) is 1. The van der Waals surface area contributed by atoms with Crippen molar-refractivity contribution in [3.05, 3.63) is 15.5 Å². The molecule has 1 heterocycles. The second-order valence-corrected chi connectivity index (χ2v) is 4.71. The summed E-state index contributed by atoms with van der Waals surface area (Å²) in [6.07, 6.45) is 0.302. The molecular weight excluding hydrogens is 266 g/mol. The first kappa shape index (κ1) is 13.9. The van der Waals surface area contributed by atoms with Gasteiger partial charge in [-0.3, -0.25) is 9.59 Å². The Hall–Kier alpha value is -1.14. The summed E-state index contributed by atoms with van der Waals surface area (Å²) in [6, 6.07) is 0. The molecule has 2 unspecified atom stereocenters. The molecule has 0 fully saturated rings. The predicted octanol–water partition coefficient (Wildman–Crippen LogP) is 2.31. The van der Waals surface area contributed by atoms with Gasteiger partial charge in [-0.2, -0.15) is 0 Å². The molecule has 1 rings (SSSR count). The van der Waals surface area contributed by atoms with Gasteiger partial charge in [-0.1, -0.05) is 18.5 Å². The van der Waals surface area contributed by atoms with E-state index in [-0.39, 0.29) is 16.3 Å². The molecule has 1 aromatic heterocycles. The molecular formula is C10H12ClNO4S. The Morgan fingerprint density at radius 3 is 2.71 bits per heavy atom. The molecule has 1 N–H and O–H groups in total. The normalized spacial score (nSPS) is 14.1. The minimum absolute atomic E-state index is 0.135. The molecule has 0 amide bonds. The van der Waals surface area contributed by atoms with Gasteiger partial charge in [-0.05, 0) is 13.3 Å². The topological polar surface area (TPSA) is 76.5 Å². The van der Waals surface area contributed by atoms with Crippen LogP contribution < -0.4 is 0 Å². The molecule has 0 aliphatic heterocycles. The number of carbonyl (C=O) groups excluding carboxylic acids is 1. The lowest BCUT2D eigenvalue weighted by Crippen LogP contribution is -2.26. The Kier molecular flexibility index (Phi) is 4.89.